The van der Waals surface area contributed by atoms with E-state index in [1.165, 1.54) is 0 Å². The molecule has 0 unspecified atom stereocenters. The van der Waals surface area contributed by atoms with Crippen LogP contribution in [0, 0.1) is 0 Å². The number of carbonyl (C=O) groups is 1. The van der Waals surface area contributed by atoms with E-state index in [1.807, 2.05) is 79.7 Å². The van der Waals surface area contributed by atoms with E-state index in [4.69, 9.17) is 0 Å². The van der Waals surface area contributed by atoms with E-state index in [9.17, 15) is 4.79 Å². The molecule has 0 amide bonds. The molecule has 0 aliphatic heterocycles. The lowest BCUT2D eigenvalue weighted by Crippen LogP contribution is -2.10. The maximum Gasteiger partial charge on any atom is 0.170 e. The quantitative estimate of drug-likeness (QED) is 0.469. The van der Waals surface area contributed by atoms with Gasteiger partial charge in [-0.05, 0) is 29.8 Å². The van der Waals surface area contributed by atoms with Crippen molar-refractivity contribution in [2.24, 2.45) is 0 Å². The Morgan fingerprint density at radius 1 is 1.04 bits per heavy atom. The number of hydrogen-bond acceptors (Lipinski definition) is 5. The SMILES string of the molecule is CN(C)c1cccc(C(=O)Cc2ccc(-c3nc4ncccc4s3)cc2)c1. The van der Waals surface area contributed by atoms with E-state index in [0.29, 0.717) is 6.42 Å². The minimum Gasteiger partial charge on any atom is -0.378 e. The number of hydrogen-bond donors (Lipinski definition) is 0. The second-order valence-corrected chi connectivity index (χ2v) is 7.62. The van der Waals surface area contributed by atoms with Crippen molar-refractivity contribution >= 4 is 33.2 Å². The normalized spacial score (nSPS) is 10.9. The van der Waals surface area contributed by atoms with Crippen LogP contribution >= 0.6 is 11.3 Å². The number of anilines is 1. The van der Waals surface area contributed by atoms with Crippen LogP contribution in [0.2, 0.25) is 0 Å². The molecule has 0 saturated heterocycles. The molecule has 27 heavy (non-hydrogen) atoms. The zero-order valence-corrected chi connectivity index (χ0v) is 16.0. The van der Waals surface area contributed by atoms with Crippen molar-refractivity contribution in [2.75, 3.05) is 19.0 Å². The lowest BCUT2D eigenvalue weighted by molar-refractivity contribution is 0.0993. The molecule has 0 aliphatic carbocycles. The molecule has 0 aliphatic rings. The molecule has 4 aromatic rings. The number of Topliss-reactive ketones (excluding diaryl/α,β-unsaturated/α-hetero) is 1. The number of fused-ring (bicyclic) bond motifs is 1. The highest BCUT2D eigenvalue weighted by atomic mass is 32.1. The fourth-order valence-corrected chi connectivity index (χ4v) is 3.83. The fraction of sp³-hybridized carbons (Fsp3) is 0.136. The Hall–Kier alpha value is -3.05. The van der Waals surface area contributed by atoms with Crippen LogP contribution in [0.15, 0.2) is 66.9 Å². The highest BCUT2D eigenvalue weighted by molar-refractivity contribution is 7.21. The number of pyridine rings is 1. The molecular weight excluding hydrogens is 354 g/mol. The Balaban J connectivity index is 1.52. The van der Waals surface area contributed by atoms with Crippen LogP contribution in [-0.2, 0) is 6.42 Å². The second kappa shape index (κ2) is 7.29. The number of rotatable bonds is 5. The van der Waals surface area contributed by atoms with E-state index < -0.39 is 0 Å². The molecular formula is C22H19N3OS. The van der Waals surface area contributed by atoms with E-state index in [0.717, 1.165) is 37.7 Å². The number of carbonyl (C=O) groups excluding carboxylic acids is 1. The third-order valence-electron chi connectivity index (χ3n) is 4.42. The maximum atomic E-state index is 12.6. The van der Waals surface area contributed by atoms with E-state index in [2.05, 4.69) is 9.97 Å². The van der Waals surface area contributed by atoms with E-state index in [1.54, 1.807) is 17.5 Å². The van der Waals surface area contributed by atoms with Gasteiger partial charge in [-0.25, -0.2) is 9.97 Å². The van der Waals surface area contributed by atoms with Crippen LogP contribution in [-0.4, -0.2) is 29.8 Å². The molecule has 0 saturated carbocycles. The zero-order valence-electron chi connectivity index (χ0n) is 15.2. The average Bonchev–Trinajstić information content (AvgIpc) is 3.13. The van der Waals surface area contributed by atoms with Crippen molar-refractivity contribution in [1.29, 1.82) is 0 Å². The molecule has 4 rings (SSSR count). The number of benzene rings is 2. The summed E-state index contributed by atoms with van der Waals surface area (Å²) in [5, 5.41) is 0.945. The Morgan fingerprint density at radius 3 is 2.59 bits per heavy atom. The molecule has 0 radical (unpaired) electrons. The summed E-state index contributed by atoms with van der Waals surface area (Å²) in [6.07, 6.45) is 2.14. The Morgan fingerprint density at radius 2 is 1.85 bits per heavy atom. The van der Waals surface area contributed by atoms with Gasteiger partial charge in [0.05, 0.1) is 4.70 Å². The molecule has 2 aromatic heterocycles. The van der Waals surface area contributed by atoms with Gasteiger partial charge >= 0.3 is 0 Å². The van der Waals surface area contributed by atoms with Crippen molar-refractivity contribution < 1.29 is 4.79 Å². The van der Waals surface area contributed by atoms with Crippen LogP contribution in [0.3, 0.4) is 0 Å². The first kappa shape index (κ1) is 17.4. The smallest absolute Gasteiger partial charge is 0.170 e. The average molecular weight is 373 g/mol. The van der Waals surface area contributed by atoms with E-state index >= 15 is 0 Å². The van der Waals surface area contributed by atoms with Crippen molar-refractivity contribution in [2.45, 2.75) is 6.42 Å². The summed E-state index contributed by atoms with van der Waals surface area (Å²) < 4.78 is 1.08. The second-order valence-electron chi connectivity index (χ2n) is 6.59. The van der Waals surface area contributed by atoms with Gasteiger partial charge < -0.3 is 4.90 Å². The lowest BCUT2D eigenvalue weighted by atomic mass is 10.0. The van der Waals surface area contributed by atoms with Gasteiger partial charge in [-0.15, -0.1) is 11.3 Å². The Labute approximate surface area is 162 Å². The summed E-state index contributed by atoms with van der Waals surface area (Å²) >= 11 is 1.63. The highest BCUT2D eigenvalue weighted by Crippen LogP contribution is 2.29. The van der Waals surface area contributed by atoms with Gasteiger partial charge in [-0.2, -0.15) is 0 Å². The monoisotopic (exact) mass is 373 g/mol. The number of ketones is 1. The molecule has 134 valence electrons. The number of aromatic nitrogens is 2. The van der Waals surface area contributed by atoms with E-state index in [-0.39, 0.29) is 5.78 Å². The minimum absolute atomic E-state index is 0.121. The summed E-state index contributed by atoms with van der Waals surface area (Å²) in [5.74, 6) is 0.121. The Bertz CT molecular complexity index is 1070. The van der Waals surface area contributed by atoms with Gasteiger partial charge in [-0.1, -0.05) is 36.4 Å². The first-order valence-corrected chi connectivity index (χ1v) is 9.53. The van der Waals surface area contributed by atoms with Crippen LogP contribution in [0.1, 0.15) is 15.9 Å². The molecule has 0 bridgehead atoms. The van der Waals surface area contributed by atoms with Crippen LogP contribution < -0.4 is 4.90 Å². The molecule has 5 heteroatoms. The molecule has 2 aromatic carbocycles. The largest absolute Gasteiger partial charge is 0.378 e. The third kappa shape index (κ3) is 3.73. The zero-order chi connectivity index (χ0) is 18.8. The van der Waals surface area contributed by atoms with Gasteiger partial charge in [0.2, 0.25) is 0 Å². The predicted molar refractivity (Wildman–Crippen MR) is 112 cm³/mol. The lowest BCUT2D eigenvalue weighted by Gasteiger charge is -2.13. The van der Waals surface area contributed by atoms with Crippen molar-refractivity contribution in [1.82, 2.24) is 9.97 Å². The van der Waals surface area contributed by atoms with Crippen LogP contribution in [0.5, 0.6) is 0 Å². The van der Waals surface area contributed by atoms with Crippen molar-refractivity contribution in [3.63, 3.8) is 0 Å². The molecule has 0 N–H and O–H groups in total. The van der Waals surface area contributed by atoms with Gasteiger partial charge in [-0.3, -0.25) is 4.79 Å². The summed E-state index contributed by atoms with van der Waals surface area (Å²) in [7, 11) is 3.94. The van der Waals surface area contributed by atoms with Gasteiger partial charge in [0.1, 0.15) is 5.01 Å². The molecule has 0 atom stereocenters. The standard InChI is InChI=1S/C22H19N3OS/c1-25(2)18-6-3-5-17(14-18)19(26)13-15-8-10-16(11-9-15)22-24-21-20(27-22)7-4-12-23-21/h3-12,14H,13H2,1-2H3. The highest BCUT2D eigenvalue weighted by Gasteiger charge is 2.10. The van der Waals surface area contributed by atoms with Gasteiger partial charge in [0.25, 0.3) is 0 Å². The predicted octanol–water partition coefficient (Wildman–Crippen LogP) is 4.85. The van der Waals surface area contributed by atoms with Crippen molar-refractivity contribution in [3.05, 3.63) is 78.0 Å². The fourth-order valence-electron chi connectivity index (χ4n) is 2.90. The molecule has 0 spiro atoms. The van der Waals surface area contributed by atoms with Crippen molar-refractivity contribution in [3.8, 4) is 10.6 Å². The number of thiazole rings is 1. The maximum absolute atomic E-state index is 12.6. The van der Waals surface area contributed by atoms with Gasteiger partial charge in [0.15, 0.2) is 11.4 Å². The summed E-state index contributed by atoms with van der Waals surface area (Å²) in [6.45, 7) is 0. The number of nitrogens with zero attached hydrogens (tertiary/aromatic N) is 3. The Kier molecular flexibility index (Phi) is 4.69. The molecule has 2 heterocycles. The first-order chi connectivity index (χ1) is 13.1. The molecule has 4 nitrogen and oxygen atoms in total. The third-order valence-corrected chi connectivity index (χ3v) is 5.47. The topological polar surface area (TPSA) is 46.1 Å². The van der Waals surface area contributed by atoms with Crippen LogP contribution in [0.25, 0.3) is 20.9 Å². The molecule has 0 fully saturated rings. The summed E-state index contributed by atoms with van der Waals surface area (Å²) in [5.41, 5.74) is 4.59. The first-order valence-electron chi connectivity index (χ1n) is 8.71. The summed E-state index contributed by atoms with van der Waals surface area (Å²) in [4.78, 5) is 23.5. The van der Waals surface area contributed by atoms with Crippen LogP contribution in [0.4, 0.5) is 5.69 Å². The van der Waals surface area contributed by atoms with Gasteiger partial charge in [0, 0.05) is 43.5 Å². The minimum atomic E-state index is 0.121. The summed E-state index contributed by atoms with van der Waals surface area (Å²) in [6, 6.07) is 19.7.